The molecule has 3 aromatic rings. The first-order valence-electron chi connectivity index (χ1n) is 6.80. The lowest BCUT2D eigenvalue weighted by atomic mass is 10.2. The Kier molecular flexibility index (Phi) is 4.78. The van der Waals surface area contributed by atoms with Gasteiger partial charge in [0.2, 0.25) is 0 Å². The summed E-state index contributed by atoms with van der Waals surface area (Å²) in [6.45, 7) is 0. The third-order valence-corrected chi connectivity index (χ3v) is 4.69. The van der Waals surface area contributed by atoms with E-state index in [9.17, 15) is 4.79 Å². The highest BCUT2D eigenvalue weighted by molar-refractivity contribution is 9.10. The topological polar surface area (TPSA) is 59.8 Å². The van der Waals surface area contributed by atoms with E-state index in [1.54, 1.807) is 18.5 Å². The quantitative estimate of drug-likeness (QED) is 0.733. The lowest BCUT2D eigenvalue weighted by molar-refractivity contribution is 0.102. The second kappa shape index (κ2) is 6.97. The standard InChI is InChI=1S/C16H13BrN4OS/c1-21-10-18-20-16(21)23-14-8-6-13(7-9-14)19-15(22)11-2-4-12(17)5-3-11/h2-10H,1H3,(H,19,22). The van der Waals surface area contributed by atoms with Crippen molar-refractivity contribution in [3.05, 3.63) is 64.9 Å². The summed E-state index contributed by atoms with van der Waals surface area (Å²) in [5, 5.41) is 11.6. The second-order valence-corrected chi connectivity index (χ2v) is 6.77. The highest BCUT2D eigenvalue weighted by Gasteiger charge is 2.07. The molecule has 1 heterocycles. The van der Waals surface area contributed by atoms with Crippen LogP contribution >= 0.6 is 27.7 Å². The molecule has 0 saturated carbocycles. The number of hydrogen-bond acceptors (Lipinski definition) is 4. The van der Waals surface area contributed by atoms with E-state index in [4.69, 9.17) is 0 Å². The van der Waals surface area contributed by atoms with Crippen LogP contribution in [0, 0.1) is 0 Å². The van der Waals surface area contributed by atoms with Crippen LogP contribution in [0.2, 0.25) is 0 Å². The molecule has 1 aromatic heterocycles. The van der Waals surface area contributed by atoms with Crippen molar-refractivity contribution in [3.8, 4) is 0 Å². The van der Waals surface area contributed by atoms with Gasteiger partial charge in [0.05, 0.1) is 0 Å². The number of carbonyl (C=O) groups is 1. The van der Waals surface area contributed by atoms with Crippen LogP contribution in [-0.2, 0) is 7.05 Å². The minimum absolute atomic E-state index is 0.133. The minimum Gasteiger partial charge on any atom is -0.322 e. The SMILES string of the molecule is Cn1cnnc1Sc1ccc(NC(=O)c2ccc(Br)cc2)cc1. The van der Waals surface area contributed by atoms with Crippen molar-refractivity contribution in [2.24, 2.45) is 7.05 Å². The molecule has 2 aromatic carbocycles. The van der Waals surface area contributed by atoms with E-state index in [2.05, 4.69) is 31.4 Å². The first-order valence-corrected chi connectivity index (χ1v) is 8.41. The number of hydrogen-bond donors (Lipinski definition) is 1. The number of nitrogens with one attached hydrogen (secondary N) is 1. The smallest absolute Gasteiger partial charge is 0.255 e. The first kappa shape index (κ1) is 15.8. The second-order valence-electron chi connectivity index (χ2n) is 4.81. The molecule has 0 atom stereocenters. The molecule has 116 valence electrons. The highest BCUT2D eigenvalue weighted by atomic mass is 79.9. The normalized spacial score (nSPS) is 10.5. The molecule has 0 fully saturated rings. The third kappa shape index (κ3) is 4.00. The van der Waals surface area contributed by atoms with Gasteiger partial charge in [0.1, 0.15) is 6.33 Å². The van der Waals surface area contributed by atoms with Crippen molar-refractivity contribution in [2.75, 3.05) is 5.32 Å². The van der Waals surface area contributed by atoms with Crippen molar-refractivity contribution in [1.29, 1.82) is 0 Å². The Morgan fingerprint density at radius 3 is 2.43 bits per heavy atom. The van der Waals surface area contributed by atoms with Gasteiger partial charge in [0, 0.05) is 27.7 Å². The average molecular weight is 389 g/mol. The van der Waals surface area contributed by atoms with Crippen molar-refractivity contribution in [2.45, 2.75) is 10.1 Å². The summed E-state index contributed by atoms with van der Waals surface area (Å²) in [4.78, 5) is 13.2. The van der Waals surface area contributed by atoms with Crippen LogP contribution < -0.4 is 5.32 Å². The van der Waals surface area contributed by atoms with Gasteiger partial charge in [-0.25, -0.2) is 0 Å². The van der Waals surface area contributed by atoms with Crippen LogP contribution in [0.4, 0.5) is 5.69 Å². The minimum atomic E-state index is -0.133. The number of amides is 1. The Hall–Kier alpha value is -2.12. The lowest BCUT2D eigenvalue weighted by Crippen LogP contribution is -2.11. The molecule has 3 rings (SSSR count). The van der Waals surface area contributed by atoms with Gasteiger partial charge in [-0.2, -0.15) is 0 Å². The monoisotopic (exact) mass is 388 g/mol. The van der Waals surface area contributed by atoms with Crippen LogP contribution in [-0.4, -0.2) is 20.7 Å². The predicted molar refractivity (Wildman–Crippen MR) is 93.7 cm³/mol. The Balaban J connectivity index is 1.66. The van der Waals surface area contributed by atoms with E-state index in [-0.39, 0.29) is 5.91 Å². The molecule has 0 bridgehead atoms. The zero-order chi connectivity index (χ0) is 16.2. The summed E-state index contributed by atoms with van der Waals surface area (Å²) >= 11 is 4.87. The number of aromatic nitrogens is 3. The number of nitrogens with zero attached hydrogens (tertiary/aromatic N) is 3. The summed E-state index contributed by atoms with van der Waals surface area (Å²) in [6.07, 6.45) is 1.66. The zero-order valence-corrected chi connectivity index (χ0v) is 14.6. The number of benzene rings is 2. The Bertz CT molecular complexity index is 815. The van der Waals surface area contributed by atoms with Crippen LogP contribution in [0.3, 0.4) is 0 Å². The molecule has 1 N–H and O–H groups in total. The predicted octanol–water partition coefficient (Wildman–Crippen LogP) is 3.98. The Morgan fingerprint density at radius 2 is 1.83 bits per heavy atom. The van der Waals surface area contributed by atoms with E-state index in [0.29, 0.717) is 5.56 Å². The molecule has 0 aliphatic heterocycles. The van der Waals surface area contributed by atoms with Crippen molar-refractivity contribution >= 4 is 39.3 Å². The average Bonchev–Trinajstić information content (AvgIpc) is 2.95. The Labute approximate surface area is 146 Å². The van der Waals surface area contributed by atoms with Gasteiger partial charge in [-0.1, -0.05) is 15.9 Å². The summed E-state index contributed by atoms with van der Waals surface area (Å²) in [7, 11) is 1.90. The van der Waals surface area contributed by atoms with Crippen molar-refractivity contribution < 1.29 is 4.79 Å². The van der Waals surface area contributed by atoms with Gasteiger partial charge in [-0.15, -0.1) is 10.2 Å². The fourth-order valence-electron chi connectivity index (χ4n) is 1.88. The lowest BCUT2D eigenvalue weighted by Gasteiger charge is -2.06. The number of halogens is 1. The van der Waals surface area contributed by atoms with E-state index in [1.807, 2.05) is 48.0 Å². The molecule has 0 radical (unpaired) electrons. The molecular weight excluding hydrogens is 376 g/mol. The zero-order valence-electron chi connectivity index (χ0n) is 12.2. The van der Waals surface area contributed by atoms with Crippen LogP contribution in [0.25, 0.3) is 0 Å². The molecule has 0 saturated heterocycles. The van der Waals surface area contributed by atoms with Crippen LogP contribution in [0.1, 0.15) is 10.4 Å². The number of aryl methyl sites for hydroxylation is 1. The molecule has 0 spiro atoms. The summed E-state index contributed by atoms with van der Waals surface area (Å²) in [5.74, 6) is -0.133. The molecule has 7 heteroatoms. The molecule has 5 nitrogen and oxygen atoms in total. The number of rotatable bonds is 4. The molecule has 0 aliphatic rings. The van der Waals surface area contributed by atoms with Gasteiger partial charge in [0.25, 0.3) is 5.91 Å². The van der Waals surface area contributed by atoms with Gasteiger partial charge < -0.3 is 9.88 Å². The molecular formula is C16H13BrN4OS. The maximum atomic E-state index is 12.2. The fourth-order valence-corrected chi connectivity index (χ4v) is 2.91. The van der Waals surface area contributed by atoms with E-state index in [0.717, 1.165) is 20.2 Å². The van der Waals surface area contributed by atoms with E-state index >= 15 is 0 Å². The summed E-state index contributed by atoms with van der Waals surface area (Å²) in [5.41, 5.74) is 1.37. The van der Waals surface area contributed by atoms with Gasteiger partial charge >= 0.3 is 0 Å². The molecule has 23 heavy (non-hydrogen) atoms. The van der Waals surface area contributed by atoms with E-state index < -0.39 is 0 Å². The maximum absolute atomic E-state index is 12.2. The van der Waals surface area contributed by atoms with Gasteiger partial charge in [0.15, 0.2) is 5.16 Å². The van der Waals surface area contributed by atoms with Crippen molar-refractivity contribution in [3.63, 3.8) is 0 Å². The number of anilines is 1. The third-order valence-electron chi connectivity index (χ3n) is 3.10. The fraction of sp³-hybridized carbons (Fsp3) is 0.0625. The van der Waals surface area contributed by atoms with Gasteiger partial charge in [-0.3, -0.25) is 4.79 Å². The van der Waals surface area contributed by atoms with Gasteiger partial charge in [-0.05, 0) is 60.3 Å². The summed E-state index contributed by atoms with van der Waals surface area (Å²) < 4.78 is 2.80. The first-order chi connectivity index (χ1) is 11.1. The molecule has 0 unspecified atom stereocenters. The van der Waals surface area contributed by atoms with Crippen LogP contribution in [0.15, 0.2) is 69.4 Å². The van der Waals surface area contributed by atoms with Crippen molar-refractivity contribution in [1.82, 2.24) is 14.8 Å². The molecule has 1 amide bonds. The van der Waals surface area contributed by atoms with Crippen LogP contribution in [0.5, 0.6) is 0 Å². The van der Waals surface area contributed by atoms with E-state index in [1.165, 1.54) is 11.8 Å². The molecule has 0 aliphatic carbocycles. The summed E-state index contributed by atoms with van der Waals surface area (Å²) in [6, 6.07) is 14.9. The Morgan fingerprint density at radius 1 is 1.13 bits per heavy atom. The highest BCUT2D eigenvalue weighted by Crippen LogP contribution is 2.26. The maximum Gasteiger partial charge on any atom is 0.255 e. The number of carbonyl (C=O) groups excluding carboxylic acids is 1. The largest absolute Gasteiger partial charge is 0.322 e.